The third-order valence-corrected chi connectivity index (χ3v) is 2.58. The van der Waals surface area contributed by atoms with E-state index in [9.17, 15) is 0 Å². The predicted molar refractivity (Wildman–Crippen MR) is 58.9 cm³/mol. The van der Waals surface area contributed by atoms with Crippen molar-refractivity contribution in [2.75, 3.05) is 0 Å². The molecule has 0 aliphatic heterocycles. The summed E-state index contributed by atoms with van der Waals surface area (Å²) in [5.41, 5.74) is 2.02. The van der Waals surface area contributed by atoms with Crippen molar-refractivity contribution >= 4 is 15.9 Å². The highest BCUT2D eigenvalue weighted by Crippen LogP contribution is 2.22. The molecule has 0 aliphatic rings. The van der Waals surface area contributed by atoms with Gasteiger partial charge in [0.25, 0.3) is 0 Å². The molecule has 0 saturated carbocycles. The van der Waals surface area contributed by atoms with Crippen molar-refractivity contribution < 1.29 is 0 Å². The lowest BCUT2D eigenvalue weighted by molar-refractivity contribution is 0.720. The SMILES string of the molecule is Cn1nnc(C#N)c1-c1ccc(Br)cc1. The zero-order chi connectivity index (χ0) is 10.8. The molecule has 0 radical (unpaired) electrons. The predicted octanol–water partition coefficient (Wildman–Crippen LogP) is 2.12. The Hall–Kier alpha value is -1.67. The summed E-state index contributed by atoms with van der Waals surface area (Å²) in [4.78, 5) is 0. The number of hydrogen-bond acceptors (Lipinski definition) is 3. The lowest BCUT2D eigenvalue weighted by atomic mass is 10.1. The molecule has 0 atom stereocenters. The van der Waals surface area contributed by atoms with E-state index in [1.807, 2.05) is 30.3 Å². The fourth-order valence-electron chi connectivity index (χ4n) is 1.36. The molecule has 2 rings (SSSR count). The molecular weight excluding hydrogens is 256 g/mol. The molecule has 4 nitrogen and oxygen atoms in total. The molecule has 0 saturated heterocycles. The van der Waals surface area contributed by atoms with E-state index < -0.39 is 0 Å². The van der Waals surface area contributed by atoms with E-state index in [1.165, 1.54) is 0 Å². The van der Waals surface area contributed by atoms with Gasteiger partial charge in [0.05, 0.1) is 0 Å². The van der Waals surface area contributed by atoms with Gasteiger partial charge in [0, 0.05) is 17.1 Å². The normalized spacial score (nSPS) is 9.93. The molecule has 1 heterocycles. The van der Waals surface area contributed by atoms with Gasteiger partial charge in [0.2, 0.25) is 0 Å². The van der Waals surface area contributed by atoms with E-state index in [0.29, 0.717) is 5.69 Å². The van der Waals surface area contributed by atoms with Crippen molar-refractivity contribution in [2.45, 2.75) is 0 Å². The Balaban J connectivity index is 2.59. The molecule has 0 aliphatic carbocycles. The summed E-state index contributed by atoms with van der Waals surface area (Å²) in [5.74, 6) is 0. The van der Waals surface area contributed by atoms with E-state index in [1.54, 1.807) is 11.7 Å². The van der Waals surface area contributed by atoms with Gasteiger partial charge >= 0.3 is 0 Å². The van der Waals surface area contributed by atoms with Gasteiger partial charge in [-0.3, -0.25) is 0 Å². The Labute approximate surface area is 95.3 Å². The first-order chi connectivity index (χ1) is 7.22. The molecular formula is C10H7BrN4. The number of hydrogen-bond donors (Lipinski definition) is 0. The van der Waals surface area contributed by atoms with Gasteiger partial charge in [0.15, 0.2) is 5.69 Å². The lowest BCUT2D eigenvalue weighted by Crippen LogP contribution is -1.94. The zero-order valence-electron chi connectivity index (χ0n) is 7.98. The first-order valence-electron chi connectivity index (χ1n) is 4.28. The van der Waals surface area contributed by atoms with Crippen LogP contribution in [0.5, 0.6) is 0 Å². The van der Waals surface area contributed by atoms with Gasteiger partial charge in [-0.2, -0.15) is 5.26 Å². The summed E-state index contributed by atoms with van der Waals surface area (Å²) in [6.07, 6.45) is 0. The van der Waals surface area contributed by atoms with Crippen molar-refractivity contribution in [3.8, 4) is 17.3 Å². The standard InChI is InChI=1S/C10H7BrN4/c1-15-10(9(6-12)13-14-15)7-2-4-8(11)5-3-7/h2-5H,1H3. The molecule has 0 bridgehead atoms. The highest BCUT2D eigenvalue weighted by Gasteiger charge is 2.11. The Kier molecular flexibility index (Phi) is 2.52. The van der Waals surface area contributed by atoms with E-state index in [4.69, 9.17) is 5.26 Å². The summed E-state index contributed by atoms with van der Waals surface area (Å²) >= 11 is 3.36. The summed E-state index contributed by atoms with van der Waals surface area (Å²) in [5, 5.41) is 16.5. The number of aryl methyl sites for hydroxylation is 1. The minimum atomic E-state index is 0.347. The highest BCUT2D eigenvalue weighted by molar-refractivity contribution is 9.10. The first-order valence-corrected chi connectivity index (χ1v) is 5.07. The van der Waals surface area contributed by atoms with Crippen LogP contribution >= 0.6 is 15.9 Å². The van der Waals surface area contributed by atoms with Crippen molar-refractivity contribution in [3.63, 3.8) is 0 Å². The number of rotatable bonds is 1. The van der Waals surface area contributed by atoms with Crippen molar-refractivity contribution in [1.29, 1.82) is 5.26 Å². The third kappa shape index (κ3) is 1.76. The van der Waals surface area contributed by atoms with Crippen LogP contribution in [0.3, 0.4) is 0 Å². The number of nitriles is 1. The second-order valence-electron chi connectivity index (χ2n) is 3.03. The molecule has 0 amide bonds. The van der Waals surface area contributed by atoms with Gasteiger partial charge in [-0.1, -0.05) is 33.3 Å². The van der Waals surface area contributed by atoms with Crippen LogP contribution < -0.4 is 0 Å². The fourth-order valence-corrected chi connectivity index (χ4v) is 1.63. The third-order valence-electron chi connectivity index (χ3n) is 2.05. The molecule has 0 spiro atoms. The Morgan fingerprint density at radius 3 is 2.60 bits per heavy atom. The second-order valence-corrected chi connectivity index (χ2v) is 3.94. The van der Waals surface area contributed by atoms with Crippen LogP contribution in [-0.2, 0) is 7.05 Å². The first kappa shape index (κ1) is 9.87. The lowest BCUT2D eigenvalue weighted by Gasteiger charge is -2.01. The molecule has 0 unspecified atom stereocenters. The number of aromatic nitrogens is 3. The Morgan fingerprint density at radius 2 is 2.00 bits per heavy atom. The average Bonchev–Trinajstić information content (AvgIpc) is 2.61. The topological polar surface area (TPSA) is 54.5 Å². The van der Waals surface area contributed by atoms with Crippen LogP contribution in [-0.4, -0.2) is 15.0 Å². The smallest absolute Gasteiger partial charge is 0.190 e. The fraction of sp³-hybridized carbons (Fsp3) is 0.100. The average molecular weight is 263 g/mol. The highest BCUT2D eigenvalue weighted by atomic mass is 79.9. The Bertz CT molecular complexity index is 521. The van der Waals surface area contributed by atoms with Gasteiger partial charge in [-0.05, 0) is 12.1 Å². The molecule has 0 N–H and O–H groups in total. The van der Waals surface area contributed by atoms with Gasteiger partial charge in [-0.25, -0.2) is 4.68 Å². The maximum atomic E-state index is 8.87. The van der Waals surface area contributed by atoms with E-state index >= 15 is 0 Å². The number of benzene rings is 1. The van der Waals surface area contributed by atoms with Crippen LogP contribution in [0.25, 0.3) is 11.3 Å². The second kappa shape index (κ2) is 3.83. The van der Waals surface area contributed by atoms with Gasteiger partial charge < -0.3 is 0 Å². The molecule has 15 heavy (non-hydrogen) atoms. The molecule has 0 fully saturated rings. The van der Waals surface area contributed by atoms with Gasteiger partial charge in [-0.15, -0.1) is 5.10 Å². The minimum Gasteiger partial charge on any atom is -0.246 e. The van der Waals surface area contributed by atoms with E-state index in [-0.39, 0.29) is 0 Å². The zero-order valence-corrected chi connectivity index (χ0v) is 9.56. The maximum Gasteiger partial charge on any atom is 0.190 e. The van der Waals surface area contributed by atoms with Crippen LogP contribution in [0.15, 0.2) is 28.7 Å². The summed E-state index contributed by atoms with van der Waals surface area (Å²) in [6.45, 7) is 0. The summed E-state index contributed by atoms with van der Waals surface area (Å²) < 4.78 is 2.60. The van der Waals surface area contributed by atoms with Crippen molar-refractivity contribution in [2.24, 2.45) is 7.05 Å². The van der Waals surface area contributed by atoms with Crippen LogP contribution in [0.1, 0.15) is 5.69 Å². The van der Waals surface area contributed by atoms with Gasteiger partial charge in [0.1, 0.15) is 11.8 Å². The van der Waals surface area contributed by atoms with E-state index in [2.05, 4.69) is 26.2 Å². The van der Waals surface area contributed by atoms with Crippen molar-refractivity contribution in [3.05, 3.63) is 34.4 Å². The van der Waals surface area contributed by atoms with Crippen LogP contribution in [0.2, 0.25) is 0 Å². The van der Waals surface area contributed by atoms with Crippen LogP contribution in [0, 0.1) is 11.3 Å². The van der Waals surface area contributed by atoms with Crippen molar-refractivity contribution in [1.82, 2.24) is 15.0 Å². The molecule has 5 heteroatoms. The molecule has 1 aromatic carbocycles. The molecule has 74 valence electrons. The minimum absolute atomic E-state index is 0.347. The quantitative estimate of drug-likeness (QED) is 0.791. The Morgan fingerprint density at radius 1 is 1.33 bits per heavy atom. The number of nitrogens with zero attached hydrogens (tertiary/aromatic N) is 4. The molecule has 2 aromatic rings. The van der Waals surface area contributed by atoms with Crippen LogP contribution in [0.4, 0.5) is 0 Å². The molecule has 1 aromatic heterocycles. The number of halogens is 1. The summed E-state index contributed by atoms with van der Waals surface area (Å²) in [6, 6.07) is 9.70. The van der Waals surface area contributed by atoms with E-state index in [0.717, 1.165) is 15.7 Å². The maximum absolute atomic E-state index is 8.87. The summed E-state index contributed by atoms with van der Waals surface area (Å²) in [7, 11) is 1.77. The largest absolute Gasteiger partial charge is 0.246 e. The monoisotopic (exact) mass is 262 g/mol.